The van der Waals surface area contributed by atoms with E-state index in [1.54, 1.807) is 4.90 Å². The van der Waals surface area contributed by atoms with E-state index in [1.165, 1.54) is 0 Å². The van der Waals surface area contributed by atoms with E-state index in [0.29, 0.717) is 19.5 Å². The maximum absolute atomic E-state index is 12.2. The fourth-order valence-corrected chi connectivity index (χ4v) is 3.84. The molecule has 1 saturated heterocycles. The van der Waals surface area contributed by atoms with Gasteiger partial charge in [-0.25, -0.2) is 8.42 Å². The van der Waals surface area contributed by atoms with Gasteiger partial charge in [0.05, 0.1) is 17.4 Å². The predicted octanol–water partition coefficient (Wildman–Crippen LogP) is 0.00690. The van der Waals surface area contributed by atoms with Crippen molar-refractivity contribution in [1.82, 2.24) is 4.90 Å². The highest BCUT2D eigenvalue weighted by molar-refractivity contribution is 7.91. The van der Waals surface area contributed by atoms with E-state index in [0.717, 1.165) is 6.42 Å². The fourth-order valence-electron chi connectivity index (χ4n) is 2.11. The highest BCUT2D eigenvalue weighted by Gasteiger charge is 2.35. The van der Waals surface area contributed by atoms with E-state index in [4.69, 9.17) is 5.73 Å². The minimum atomic E-state index is -2.99. The number of carbonyl (C=O) groups is 1. The lowest BCUT2D eigenvalue weighted by Gasteiger charge is -2.29. The van der Waals surface area contributed by atoms with Crippen molar-refractivity contribution >= 4 is 15.7 Å². The van der Waals surface area contributed by atoms with Crippen molar-refractivity contribution in [3.05, 3.63) is 0 Å². The highest BCUT2D eigenvalue weighted by Crippen LogP contribution is 2.21. The molecule has 1 atom stereocenters. The van der Waals surface area contributed by atoms with Crippen LogP contribution in [0.15, 0.2) is 0 Å². The molecule has 1 unspecified atom stereocenters. The van der Waals surface area contributed by atoms with Crippen LogP contribution in [0, 0.1) is 5.92 Å². The Balaban J connectivity index is 2.65. The molecule has 0 aromatic rings. The Morgan fingerprint density at radius 3 is 2.53 bits per heavy atom. The summed E-state index contributed by atoms with van der Waals surface area (Å²) in [6, 6.07) is 0.0948. The molecule has 1 amide bonds. The average molecular weight is 262 g/mol. The molecule has 0 aromatic heterocycles. The third kappa shape index (κ3) is 3.96. The Morgan fingerprint density at radius 1 is 1.47 bits per heavy atom. The standard InChI is InChI=1S/C11H22N2O3S/c1-9(2)13(6-3-5-12)11(14)10-4-7-17(15,16)8-10/h9-10H,3-8,12H2,1-2H3. The van der Waals surface area contributed by atoms with Gasteiger partial charge in [-0.15, -0.1) is 0 Å². The van der Waals surface area contributed by atoms with Gasteiger partial charge in [-0.3, -0.25) is 4.79 Å². The number of amides is 1. The molecule has 1 fully saturated rings. The molecule has 0 aromatic carbocycles. The van der Waals surface area contributed by atoms with Gasteiger partial charge in [0.1, 0.15) is 0 Å². The molecular weight excluding hydrogens is 240 g/mol. The predicted molar refractivity (Wildman–Crippen MR) is 67.3 cm³/mol. The summed E-state index contributed by atoms with van der Waals surface area (Å²) in [5, 5.41) is 0. The van der Waals surface area contributed by atoms with Crippen LogP contribution in [-0.4, -0.2) is 49.9 Å². The summed E-state index contributed by atoms with van der Waals surface area (Å²) in [6.45, 7) is 5.04. The van der Waals surface area contributed by atoms with Gasteiger partial charge in [-0.05, 0) is 33.2 Å². The maximum Gasteiger partial charge on any atom is 0.226 e. The smallest absolute Gasteiger partial charge is 0.226 e. The Morgan fingerprint density at radius 2 is 2.12 bits per heavy atom. The van der Waals surface area contributed by atoms with Gasteiger partial charge >= 0.3 is 0 Å². The molecule has 0 aliphatic carbocycles. The minimum Gasteiger partial charge on any atom is -0.340 e. The first-order valence-electron chi connectivity index (χ1n) is 6.08. The Labute approximate surface area is 103 Å². The van der Waals surface area contributed by atoms with E-state index in [9.17, 15) is 13.2 Å². The summed E-state index contributed by atoms with van der Waals surface area (Å²) in [5.74, 6) is -0.223. The molecule has 1 aliphatic rings. The van der Waals surface area contributed by atoms with E-state index in [1.807, 2.05) is 13.8 Å². The second-order valence-electron chi connectivity index (χ2n) is 4.87. The van der Waals surface area contributed by atoms with Gasteiger partial charge in [0.15, 0.2) is 9.84 Å². The quantitative estimate of drug-likeness (QED) is 0.756. The van der Waals surface area contributed by atoms with Crippen molar-refractivity contribution in [2.45, 2.75) is 32.7 Å². The van der Waals surface area contributed by atoms with Crippen molar-refractivity contribution < 1.29 is 13.2 Å². The summed E-state index contributed by atoms with van der Waals surface area (Å²) in [7, 11) is -2.99. The number of nitrogens with two attached hydrogens (primary N) is 1. The summed E-state index contributed by atoms with van der Waals surface area (Å²) in [6.07, 6.45) is 1.22. The zero-order chi connectivity index (χ0) is 13.1. The SMILES string of the molecule is CC(C)N(CCCN)C(=O)C1CCS(=O)(=O)C1. The molecule has 5 nitrogen and oxygen atoms in total. The largest absolute Gasteiger partial charge is 0.340 e. The Hall–Kier alpha value is -0.620. The lowest BCUT2D eigenvalue weighted by atomic mass is 10.1. The van der Waals surface area contributed by atoms with Crippen LogP contribution in [0.1, 0.15) is 26.7 Å². The van der Waals surface area contributed by atoms with Crippen LogP contribution in [0.3, 0.4) is 0 Å². The highest BCUT2D eigenvalue weighted by atomic mass is 32.2. The molecule has 0 bridgehead atoms. The molecule has 1 aliphatic heterocycles. The number of carbonyl (C=O) groups excluding carboxylic acids is 1. The first kappa shape index (κ1) is 14.4. The monoisotopic (exact) mass is 262 g/mol. The zero-order valence-electron chi connectivity index (χ0n) is 10.6. The number of hydrogen-bond acceptors (Lipinski definition) is 4. The van der Waals surface area contributed by atoms with Crippen molar-refractivity contribution in [3.63, 3.8) is 0 Å². The van der Waals surface area contributed by atoms with Crippen molar-refractivity contribution in [2.75, 3.05) is 24.6 Å². The summed E-state index contributed by atoms with van der Waals surface area (Å²) in [4.78, 5) is 13.9. The van der Waals surface area contributed by atoms with Crippen LogP contribution in [0.4, 0.5) is 0 Å². The van der Waals surface area contributed by atoms with Crippen LogP contribution in [0.2, 0.25) is 0 Å². The van der Waals surface area contributed by atoms with Gasteiger partial charge in [0.25, 0.3) is 0 Å². The van der Waals surface area contributed by atoms with Gasteiger partial charge in [0.2, 0.25) is 5.91 Å². The lowest BCUT2D eigenvalue weighted by Crippen LogP contribution is -2.42. The third-order valence-corrected chi connectivity index (χ3v) is 4.86. The summed E-state index contributed by atoms with van der Waals surface area (Å²) >= 11 is 0. The molecule has 0 radical (unpaired) electrons. The van der Waals surface area contributed by atoms with E-state index in [-0.39, 0.29) is 29.4 Å². The van der Waals surface area contributed by atoms with Crippen LogP contribution >= 0.6 is 0 Å². The molecule has 0 spiro atoms. The molecular formula is C11H22N2O3S. The van der Waals surface area contributed by atoms with E-state index in [2.05, 4.69) is 0 Å². The first-order valence-corrected chi connectivity index (χ1v) is 7.90. The van der Waals surface area contributed by atoms with Crippen molar-refractivity contribution in [2.24, 2.45) is 11.7 Å². The second kappa shape index (κ2) is 5.82. The summed E-state index contributed by atoms with van der Waals surface area (Å²) in [5.41, 5.74) is 5.44. The minimum absolute atomic E-state index is 0.0116. The van der Waals surface area contributed by atoms with Gasteiger partial charge in [-0.1, -0.05) is 0 Å². The van der Waals surface area contributed by atoms with E-state index >= 15 is 0 Å². The van der Waals surface area contributed by atoms with Gasteiger partial charge in [0, 0.05) is 12.6 Å². The number of hydrogen-bond donors (Lipinski definition) is 1. The topological polar surface area (TPSA) is 80.5 Å². The van der Waals surface area contributed by atoms with Crippen LogP contribution in [-0.2, 0) is 14.6 Å². The van der Waals surface area contributed by atoms with Crippen LogP contribution < -0.4 is 5.73 Å². The Bertz CT molecular complexity index is 365. The lowest BCUT2D eigenvalue weighted by molar-refractivity contribution is -0.136. The molecule has 2 N–H and O–H groups in total. The molecule has 1 rings (SSSR count). The van der Waals surface area contributed by atoms with Crippen LogP contribution in [0.25, 0.3) is 0 Å². The van der Waals surface area contributed by atoms with Gasteiger partial charge in [-0.2, -0.15) is 0 Å². The number of rotatable bonds is 5. The summed E-state index contributed by atoms with van der Waals surface area (Å²) < 4.78 is 22.7. The zero-order valence-corrected chi connectivity index (χ0v) is 11.4. The van der Waals surface area contributed by atoms with Crippen LogP contribution in [0.5, 0.6) is 0 Å². The number of sulfone groups is 1. The number of nitrogens with zero attached hydrogens (tertiary/aromatic N) is 1. The fraction of sp³-hybridized carbons (Fsp3) is 0.909. The Kier molecular flexibility index (Phi) is 4.94. The molecule has 1 heterocycles. The normalized spacial score (nSPS) is 22.9. The molecule has 0 saturated carbocycles. The van der Waals surface area contributed by atoms with Crippen molar-refractivity contribution in [3.8, 4) is 0 Å². The van der Waals surface area contributed by atoms with E-state index < -0.39 is 9.84 Å². The maximum atomic E-state index is 12.2. The third-order valence-electron chi connectivity index (χ3n) is 3.09. The molecule has 100 valence electrons. The van der Waals surface area contributed by atoms with Crippen molar-refractivity contribution in [1.29, 1.82) is 0 Å². The second-order valence-corrected chi connectivity index (χ2v) is 7.10. The first-order chi connectivity index (χ1) is 7.87. The molecule has 6 heteroatoms. The van der Waals surface area contributed by atoms with Gasteiger partial charge < -0.3 is 10.6 Å². The average Bonchev–Trinajstić information content (AvgIpc) is 2.58. The molecule has 17 heavy (non-hydrogen) atoms.